The Kier molecular flexibility index (Phi) is 11.5. The van der Waals surface area contributed by atoms with Gasteiger partial charge in [0.25, 0.3) is 5.91 Å². The molecule has 33 heavy (non-hydrogen) atoms. The largest absolute Gasteiger partial charge is 0.452 e. The van der Waals surface area contributed by atoms with Gasteiger partial charge in [-0.2, -0.15) is 0 Å². The van der Waals surface area contributed by atoms with Crippen LogP contribution in [-0.2, 0) is 23.8 Å². The number of rotatable bonds is 11. The van der Waals surface area contributed by atoms with E-state index in [4.69, 9.17) is 14.2 Å². The number of amides is 3. The van der Waals surface area contributed by atoms with Gasteiger partial charge in [-0.1, -0.05) is 12.1 Å². The molecule has 0 bridgehead atoms. The first kappa shape index (κ1) is 26.5. The second-order valence-corrected chi connectivity index (χ2v) is 8.25. The first-order chi connectivity index (χ1) is 15.9. The van der Waals surface area contributed by atoms with Crippen LogP contribution in [0.5, 0.6) is 0 Å². The van der Waals surface area contributed by atoms with Crippen molar-refractivity contribution >= 4 is 35.6 Å². The summed E-state index contributed by atoms with van der Waals surface area (Å²) in [7, 11) is 1.55. The monoisotopic (exact) mass is 481 g/mol. The molecular formula is C22H31N3O7S. The summed E-state index contributed by atoms with van der Waals surface area (Å²) in [5.41, 5.74) is 0.294. The van der Waals surface area contributed by atoms with Crippen molar-refractivity contribution in [3.63, 3.8) is 0 Å². The molecule has 1 saturated heterocycles. The molecule has 0 radical (unpaired) electrons. The average molecular weight is 482 g/mol. The van der Waals surface area contributed by atoms with Gasteiger partial charge in [0.1, 0.15) is 0 Å². The number of carbonyl (C=O) groups excluding carboxylic acids is 4. The van der Waals surface area contributed by atoms with Crippen molar-refractivity contribution in [2.24, 2.45) is 0 Å². The lowest BCUT2D eigenvalue weighted by molar-refractivity contribution is -0.125. The molecule has 11 heteroatoms. The minimum atomic E-state index is -0.634. The van der Waals surface area contributed by atoms with Gasteiger partial charge in [-0.05, 0) is 31.9 Å². The average Bonchev–Trinajstić information content (AvgIpc) is 2.82. The highest BCUT2D eigenvalue weighted by molar-refractivity contribution is 8.00. The maximum atomic E-state index is 12.5. The zero-order valence-corrected chi connectivity index (χ0v) is 19.8. The van der Waals surface area contributed by atoms with Crippen LogP contribution in [-0.4, -0.2) is 87.1 Å². The van der Waals surface area contributed by atoms with Crippen molar-refractivity contribution in [1.82, 2.24) is 15.5 Å². The van der Waals surface area contributed by atoms with Gasteiger partial charge in [0.15, 0.2) is 6.61 Å². The molecule has 0 unspecified atom stereocenters. The predicted octanol–water partition coefficient (Wildman–Crippen LogP) is 1.44. The van der Waals surface area contributed by atoms with E-state index < -0.39 is 18.5 Å². The predicted molar refractivity (Wildman–Crippen MR) is 122 cm³/mol. The van der Waals surface area contributed by atoms with Gasteiger partial charge in [0, 0.05) is 37.7 Å². The first-order valence-corrected chi connectivity index (χ1v) is 11.8. The van der Waals surface area contributed by atoms with Crippen LogP contribution in [0.15, 0.2) is 29.2 Å². The summed E-state index contributed by atoms with van der Waals surface area (Å²) in [4.78, 5) is 50.6. The van der Waals surface area contributed by atoms with Crippen LogP contribution >= 0.6 is 11.8 Å². The maximum Gasteiger partial charge on any atom is 0.409 e. The molecule has 1 fully saturated rings. The summed E-state index contributed by atoms with van der Waals surface area (Å²) in [6, 6.07) is 6.67. The number of piperidine rings is 1. The number of thioether (sulfide) groups is 1. The Morgan fingerprint density at radius 3 is 2.52 bits per heavy atom. The number of ether oxygens (including phenoxy) is 3. The van der Waals surface area contributed by atoms with E-state index in [1.165, 1.54) is 11.8 Å². The van der Waals surface area contributed by atoms with Crippen molar-refractivity contribution in [1.29, 1.82) is 0 Å². The lowest BCUT2D eigenvalue weighted by Gasteiger charge is -2.31. The number of nitrogens with zero attached hydrogens (tertiary/aromatic N) is 1. The number of benzene rings is 1. The van der Waals surface area contributed by atoms with Gasteiger partial charge in [0.05, 0.1) is 24.5 Å². The van der Waals surface area contributed by atoms with Crippen molar-refractivity contribution in [2.45, 2.75) is 30.7 Å². The third-order valence-electron chi connectivity index (χ3n) is 4.81. The Hall–Kier alpha value is -2.79. The molecule has 0 aliphatic carbocycles. The van der Waals surface area contributed by atoms with E-state index in [0.717, 1.165) is 0 Å². The quantitative estimate of drug-likeness (QED) is 0.276. The highest BCUT2D eigenvalue weighted by Crippen LogP contribution is 2.23. The molecule has 0 saturated carbocycles. The Morgan fingerprint density at radius 1 is 1.09 bits per heavy atom. The number of likely N-dealkylation sites (tertiary alicyclic amines) is 1. The second-order valence-electron chi connectivity index (χ2n) is 7.23. The molecule has 1 heterocycles. The van der Waals surface area contributed by atoms with E-state index in [-0.39, 0.29) is 23.8 Å². The first-order valence-electron chi connectivity index (χ1n) is 10.8. The molecule has 0 atom stereocenters. The van der Waals surface area contributed by atoms with Crippen molar-refractivity contribution in [3.8, 4) is 0 Å². The Bertz CT molecular complexity index is 813. The summed E-state index contributed by atoms with van der Waals surface area (Å²) in [6.07, 6.45) is 0.856. The zero-order chi connectivity index (χ0) is 24.1. The van der Waals surface area contributed by atoms with Gasteiger partial charge in [-0.15, -0.1) is 11.8 Å². The van der Waals surface area contributed by atoms with E-state index in [0.29, 0.717) is 56.1 Å². The zero-order valence-electron chi connectivity index (χ0n) is 19.0. The van der Waals surface area contributed by atoms with Gasteiger partial charge in [-0.3, -0.25) is 9.59 Å². The van der Waals surface area contributed by atoms with Crippen LogP contribution in [0.25, 0.3) is 0 Å². The normalized spacial score (nSPS) is 13.8. The molecule has 0 spiro atoms. The Labute approximate surface area is 197 Å². The molecule has 182 valence electrons. The smallest absolute Gasteiger partial charge is 0.409 e. The van der Waals surface area contributed by atoms with Gasteiger partial charge in [0.2, 0.25) is 5.91 Å². The fraction of sp³-hybridized carbons (Fsp3) is 0.545. The molecule has 0 aromatic heterocycles. The van der Waals surface area contributed by atoms with Crippen molar-refractivity contribution < 1.29 is 33.4 Å². The van der Waals surface area contributed by atoms with Gasteiger partial charge in [-0.25, -0.2) is 9.59 Å². The van der Waals surface area contributed by atoms with Crippen LogP contribution in [0.4, 0.5) is 4.79 Å². The second kappa shape index (κ2) is 14.4. The summed E-state index contributed by atoms with van der Waals surface area (Å²) in [5, 5.41) is 5.55. The molecule has 2 N–H and O–H groups in total. The summed E-state index contributed by atoms with van der Waals surface area (Å²) in [5.74, 6) is -1.07. The fourth-order valence-electron chi connectivity index (χ4n) is 3.15. The van der Waals surface area contributed by atoms with Crippen LogP contribution in [0.1, 0.15) is 30.1 Å². The number of nitrogens with one attached hydrogen (secondary N) is 2. The van der Waals surface area contributed by atoms with E-state index in [9.17, 15) is 19.2 Å². The highest BCUT2D eigenvalue weighted by atomic mass is 32.2. The van der Waals surface area contributed by atoms with Crippen molar-refractivity contribution in [2.75, 3.05) is 52.3 Å². The van der Waals surface area contributed by atoms with Crippen molar-refractivity contribution in [3.05, 3.63) is 29.8 Å². The van der Waals surface area contributed by atoms with Crippen LogP contribution in [0.3, 0.4) is 0 Å². The molecule has 1 aromatic rings. The Balaban J connectivity index is 1.76. The molecule has 1 aliphatic heterocycles. The molecule has 1 aliphatic rings. The molecule has 3 amide bonds. The third kappa shape index (κ3) is 9.30. The number of hydrogen-bond donors (Lipinski definition) is 2. The number of methoxy groups -OCH3 is 1. The maximum absolute atomic E-state index is 12.5. The summed E-state index contributed by atoms with van der Waals surface area (Å²) in [6.45, 7) is 3.49. The SMILES string of the molecule is CCOC(=O)N1CCC(NC(=O)COC(=O)c2ccccc2SCC(=O)NCCOC)CC1. The lowest BCUT2D eigenvalue weighted by atomic mass is 10.1. The highest BCUT2D eigenvalue weighted by Gasteiger charge is 2.25. The minimum absolute atomic E-state index is 0.0960. The minimum Gasteiger partial charge on any atom is -0.452 e. The molecule has 2 rings (SSSR count). The Morgan fingerprint density at radius 2 is 1.82 bits per heavy atom. The van der Waals surface area contributed by atoms with E-state index in [2.05, 4.69) is 10.6 Å². The van der Waals surface area contributed by atoms with E-state index in [1.807, 2.05) is 0 Å². The summed E-state index contributed by atoms with van der Waals surface area (Å²) < 4.78 is 15.1. The summed E-state index contributed by atoms with van der Waals surface area (Å²) >= 11 is 1.21. The number of hydrogen-bond acceptors (Lipinski definition) is 8. The molecule has 10 nitrogen and oxygen atoms in total. The molecule has 1 aromatic carbocycles. The van der Waals surface area contributed by atoms with Gasteiger partial charge < -0.3 is 29.7 Å². The fourth-order valence-corrected chi connectivity index (χ4v) is 4.02. The van der Waals surface area contributed by atoms with Crippen LogP contribution < -0.4 is 10.6 Å². The molecular weight excluding hydrogens is 450 g/mol. The van der Waals surface area contributed by atoms with E-state index >= 15 is 0 Å². The van der Waals surface area contributed by atoms with Crippen LogP contribution in [0, 0.1) is 0 Å². The number of carbonyl (C=O) groups is 4. The topological polar surface area (TPSA) is 123 Å². The standard InChI is InChI=1S/C22H31N3O7S/c1-3-31-22(29)25-11-8-16(9-12-25)24-19(26)14-32-21(28)17-6-4-5-7-18(17)33-15-20(27)23-10-13-30-2/h4-7,16H,3,8-15H2,1-2H3,(H,23,27)(H,24,26). The lowest BCUT2D eigenvalue weighted by Crippen LogP contribution is -2.47. The van der Waals surface area contributed by atoms with Crippen LogP contribution in [0.2, 0.25) is 0 Å². The number of esters is 1. The van der Waals surface area contributed by atoms with E-state index in [1.54, 1.807) is 43.2 Å². The third-order valence-corrected chi connectivity index (χ3v) is 5.89. The van der Waals surface area contributed by atoms with Gasteiger partial charge >= 0.3 is 12.1 Å².